The molecular weight excluding hydrogens is 250 g/mol. The molecule has 20 heavy (non-hydrogen) atoms. The Balaban J connectivity index is 2.38. The molecule has 0 fully saturated rings. The van der Waals surface area contributed by atoms with Gasteiger partial charge in [0.2, 0.25) is 0 Å². The zero-order valence-electron chi connectivity index (χ0n) is 11.7. The van der Waals surface area contributed by atoms with E-state index in [0.29, 0.717) is 11.4 Å². The maximum Gasteiger partial charge on any atom is 0.308 e. The number of hydrogen-bond acceptors (Lipinski definition) is 3. The summed E-state index contributed by atoms with van der Waals surface area (Å²) >= 11 is 0. The van der Waals surface area contributed by atoms with Gasteiger partial charge in [-0.25, -0.2) is 4.98 Å². The Bertz CT molecular complexity index is 708. The van der Waals surface area contributed by atoms with Crippen LogP contribution in [0.2, 0.25) is 0 Å². The van der Waals surface area contributed by atoms with Crippen molar-refractivity contribution in [1.29, 1.82) is 0 Å². The third kappa shape index (κ3) is 3.69. The van der Waals surface area contributed by atoms with Crippen LogP contribution in [-0.2, 0) is 4.79 Å². The Kier molecular flexibility index (Phi) is 4.17. The van der Waals surface area contributed by atoms with Crippen LogP contribution < -0.4 is 4.74 Å². The zero-order chi connectivity index (χ0) is 14.5. The molecule has 0 N–H and O–H groups in total. The monoisotopic (exact) mass is 265 g/mol. The standard InChI is InChI=1S/C17H15NO2/c1-12-5-4-6-15(11-12)8-9-16-17(20-14(3)19)10-7-13(2)18-16/h4-7,10-11H,1-3H3. The van der Waals surface area contributed by atoms with Crippen molar-refractivity contribution >= 4 is 5.97 Å². The number of nitrogens with zero attached hydrogens (tertiary/aromatic N) is 1. The van der Waals surface area contributed by atoms with Gasteiger partial charge in [0.05, 0.1) is 0 Å². The molecule has 0 aliphatic rings. The van der Waals surface area contributed by atoms with Gasteiger partial charge in [-0.3, -0.25) is 4.79 Å². The molecule has 2 aromatic rings. The predicted molar refractivity (Wildman–Crippen MR) is 77.4 cm³/mol. The van der Waals surface area contributed by atoms with Crippen molar-refractivity contribution in [2.24, 2.45) is 0 Å². The number of hydrogen-bond donors (Lipinski definition) is 0. The van der Waals surface area contributed by atoms with Crippen molar-refractivity contribution in [3.8, 4) is 17.6 Å². The first-order chi connectivity index (χ1) is 9.54. The third-order valence-electron chi connectivity index (χ3n) is 2.59. The molecule has 0 radical (unpaired) electrons. The number of aromatic nitrogens is 1. The summed E-state index contributed by atoms with van der Waals surface area (Å²) in [6, 6.07) is 11.4. The van der Waals surface area contributed by atoms with E-state index in [4.69, 9.17) is 4.74 Å². The van der Waals surface area contributed by atoms with E-state index in [9.17, 15) is 4.79 Å². The van der Waals surface area contributed by atoms with Crippen LogP contribution in [-0.4, -0.2) is 11.0 Å². The summed E-state index contributed by atoms with van der Waals surface area (Å²) in [5.41, 5.74) is 3.35. The predicted octanol–water partition coefficient (Wildman–Crippen LogP) is 3.02. The number of carbonyl (C=O) groups is 1. The molecule has 0 atom stereocenters. The lowest BCUT2D eigenvalue weighted by Crippen LogP contribution is -2.04. The van der Waals surface area contributed by atoms with E-state index in [1.807, 2.05) is 38.1 Å². The van der Waals surface area contributed by atoms with Gasteiger partial charge >= 0.3 is 5.97 Å². The second-order valence-electron chi connectivity index (χ2n) is 4.51. The summed E-state index contributed by atoms with van der Waals surface area (Å²) in [6.07, 6.45) is 0. The van der Waals surface area contributed by atoms with E-state index in [-0.39, 0.29) is 5.97 Å². The molecule has 0 aliphatic heterocycles. The lowest BCUT2D eigenvalue weighted by atomic mass is 10.1. The molecule has 0 amide bonds. The Morgan fingerprint density at radius 3 is 2.65 bits per heavy atom. The smallest absolute Gasteiger partial charge is 0.308 e. The second kappa shape index (κ2) is 6.03. The summed E-state index contributed by atoms with van der Waals surface area (Å²) < 4.78 is 5.11. The number of benzene rings is 1. The summed E-state index contributed by atoms with van der Waals surface area (Å²) in [4.78, 5) is 15.4. The van der Waals surface area contributed by atoms with Gasteiger partial charge < -0.3 is 4.74 Å². The lowest BCUT2D eigenvalue weighted by molar-refractivity contribution is -0.131. The number of aryl methyl sites for hydroxylation is 2. The molecule has 1 aromatic heterocycles. The third-order valence-corrected chi connectivity index (χ3v) is 2.59. The van der Waals surface area contributed by atoms with Gasteiger partial charge in [-0.1, -0.05) is 18.1 Å². The van der Waals surface area contributed by atoms with Gasteiger partial charge in [0.1, 0.15) is 0 Å². The van der Waals surface area contributed by atoms with Crippen LogP contribution in [0.1, 0.15) is 29.4 Å². The van der Waals surface area contributed by atoms with Crippen molar-refractivity contribution in [3.05, 3.63) is 58.9 Å². The average molecular weight is 265 g/mol. The maximum absolute atomic E-state index is 11.1. The SMILES string of the molecule is CC(=O)Oc1ccc(C)nc1C#Cc1cccc(C)c1. The molecule has 0 unspecified atom stereocenters. The fourth-order valence-corrected chi connectivity index (χ4v) is 1.72. The van der Waals surface area contributed by atoms with E-state index in [0.717, 1.165) is 16.8 Å². The Hall–Kier alpha value is -2.60. The Morgan fingerprint density at radius 1 is 1.15 bits per heavy atom. The highest BCUT2D eigenvalue weighted by atomic mass is 16.5. The first-order valence-electron chi connectivity index (χ1n) is 6.29. The number of rotatable bonds is 1. The molecule has 1 aromatic carbocycles. The van der Waals surface area contributed by atoms with Gasteiger partial charge in [0, 0.05) is 18.2 Å². The largest absolute Gasteiger partial charge is 0.424 e. The minimum atomic E-state index is -0.380. The van der Waals surface area contributed by atoms with Crippen LogP contribution >= 0.6 is 0 Å². The molecule has 0 spiro atoms. The minimum Gasteiger partial charge on any atom is -0.424 e. The molecule has 0 saturated heterocycles. The summed E-state index contributed by atoms with van der Waals surface area (Å²) in [5.74, 6) is 6.02. The Morgan fingerprint density at radius 2 is 1.95 bits per heavy atom. The van der Waals surface area contributed by atoms with Gasteiger partial charge in [0.15, 0.2) is 11.4 Å². The van der Waals surface area contributed by atoms with Crippen molar-refractivity contribution in [2.45, 2.75) is 20.8 Å². The van der Waals surface area contributed by atoms with Gasteiger partial charge in [-0.15, -0.1) is 0 Å². The van der Waals surface area contributed by atoms with Crippen molar-refractivity contribution < 1.29 is 9.53 Å². The normalized spacial score (nSPS) is 9.55. The van der Waals surface area contributed by atoms with E-state index >= 15 is 0 Å². The molecule has 0 bridgehead atoms. The Labute approximate surface area is 118 Å². The molecule has 3 nitrogen and oxygen atoms in total. The molecular formula is C17H15NO2. The first-order valence-corrected chi connectivity index (χ1v) is 6.29. The van der Waals surface area contributed by atoms with Crippen LogP contribution in [0.3, 0.4) is 0 Å². The number of esters is 1. The van der Waals surface area contributed by atoms with Gasteiger partial charge in [0.25, 0.3) is 0 Å². The fourth-order valence-electron chi connectivity index (χ4n) is 1.72. The van der Waals surface area contributed by atoms with E-state index in [2.05, 4.69) is 16.8 Å². The van der Waals surface area contributed by atoms with E-state index in [1.54, 1.807) is 12.1 Å². The zero-order valence-corrected chi connectivity index (χ0v) is 11.7. The summed E-state index contributed by atoms with van der Waals surface area (Å²) in [6.45, 7) is 5.24. The van der Waals surface area contributed by atoms with Crippen molar-refractivity contribution in [3.63, 3.8) is 0 Å². The lowest BCUT2D eigenvalue weighted by Gasteiger charge is -2.03. The number of ether oxygens (including phenoxy) is 1. The van der Waals surface area contributed by atoms with E-state index in [1.165, 1.54) is 6.92 Å². The van der Waals surface area contributed by atoms with Crippen LogP contribution in [0, 0.1) is 25.7 Å². The molecule has 0 saturated carbocycles. The van der Waals surface area contributed by atoms with Gasteiger partial charge in [-0.05, 0) is 49.6 Å². The summed E-state index contributed by atoms with van der Waals surface area (Å²) in [7, 11) is 0. The van der Waals surface area contributed by atoms with Gasteiger partial charge in [-0.2, -0.15) is 0 Å². The molecule has 100 valence electrons. The van der Waals surface area contributed by atoms with Crippen molar-refractivity contribution in [2.75, 3.05) is 0 Å². The van der Waals surface area contributed by atoms with Crippen molar-refractivity contribution in [1.82, 2.24) is 4.98 Å². The highest BCUT2D eigenvalue weighted by Crippen LogP contribution is 2.16. The quantitative estimate of drug-likeness (QED) is 0.587. The molecule has 1 heterocycles. The summed E-state index contributed by atoms with van der Waals surface area (Å²) in [5, 5.41) is 0. The number of carbonyl (C=O) groups excluding carboxylic acids is 1. The van der Waals surface area contributed by atoms with E-state index < -0.39 is 0 Å². The maximum atomic E-state index is 11.1. The van der Waals surface area contributed by atoms with Crippen LogP contribution in [0.25, 0.3) is 0 Å². The molecule has 3 heteroatoms. The highest BCUT2D eigenvalue weighted by molar-refractivity contribution is 5.70. The van der Waals surface area contributed by atoms with Crippen LogP contribution in [0.5, 0.6) is 5.75 Å². The minimum absolute atomic E-state index is 0.380. The fraction of sp³-hybridized carbons (Fsp3) is 0.176. The second-order valence-corrected chi connectivity index (χ2v) is 4.51. The average Bonchev–Trinajstić information content (AvgIpc) is 2.39. The molecule has 0 aliphatic carbocycles. The first kappa shape index (κ1) is 13.8. The highest BCUT2D eigenvalue weighted by Gasteiger charge is 2.05. The van der Waals surface area contributed by atoms with Crippen LogP contribution in [0.15, 0.2) is 36.4 Å². The van der Waals surface area contributed by atoms with Crippen LogP contribution in [0.4, 0.5) is 0 Å². The topological polar surface area (TPSA) is 39.2 Å². The molecule has 2 rings (SSSR count). The number of pyridine rings is 1.